The van der Waals surface area contributed by atoms with Crippen molar-refractivity contribution in [3.8, 4) is 5.82 Å². The van der Waals surface area contributed by atoms with Gasteiger partial charge in [-0.3, -0.25) is 0 Å². The number of hydrogen-bond donors (Lipinski definition) is 0. The number of pyridine rings is 1. The average molecular weight is 438 g/mol. The van der Waals surface area contributed by atoms with Gasteiger partial charge in [0, 0.05) is 0 Å². The van der Waals surface area contributed by atoms with E-state index in [1.54, 1.807) is 0 Å². The molecule has 0 N–H and O–H groups in total. The van der Waals surface area contributed by atoms with Crippen LogP contribution in [-0.4, -0.2) is 14.1 Å². The SMILES string of the molecule is CC(C)n1ccn(-c2cc(C(C)(C)C)ccn2)[c]1=[Pt]. The Morgan fingerprint density at radius 1 is 1.21 bits per heavy atom. The van der Waals surface area contributed by atoms with E-state index in [9.17, 15) is 0 Å². The van der Waals surface area contributed by atoms with Gasteiger partial charge in [0.05, 0.1) is 0 Å². The molecule has 2 aromatic heterocycles. The van der Waals surface area contributed by atoms with E-state index in [1.807, 2.05) is 6.20 Å². The van der Waals surface area contributed by atoms with Crippen molar-refractivity contribution in [1.29, 1.82) is 0 Å². The fourth-order valence-corrected chi connectivity index (χ4v) is 3.11. The molecule has 0 unspecified atom stereocenters. The molecule has 2 rings (SSSR count). The Bertz CT molecular complexity index is 629. The van der Waals surface area contributed by atoms with E-state index in [4.69, 9.17) is 0 Å². The molecule has 2 aromatic rings. The Morgan fingerprint density at radius 2 is 1.89 bits per heavy atom. The summed E-state index contributed by atoms with van der Waals surface area (Å²) in [6, 6.07) is 4.73. The Kier molecular flexibility index (Phi) is 3.96. The molecule has 0 amide bonds. The van der Waals surface area contributed by atoms with Gasteiger partial charge in [-0.1, -0.05) is 0 Å². The summed E-state index contributed by atoms with van der Waals surface area (Å²) in [4.78, 5) is 4.50. The van der Waals surface area contributed by atoms with E-state index >= 15 is 0 Å². The predicted molar refractivity (Wildman–Crippen MR) is 73.9 cm³/mol. The predicted octanol–water partition coefficient (Wildman–Crippen LogP) is 3.63. The van der Waals surface area contributed by atoms with Crippen LogP contribution in [0.4, 0.5) is 0 Å². The van der Waals surface area contributed by atoms with Crippen molar-refractivity contribution in [2.75, 3.05) is 0 Å². The Labute approximate surface area is 125 Å². The third kappa shape index (κ3) is 2.97. The second-order valence-electron chi connectivity index (χ2n) is 6.06. The van der Waals surface area contributed by atoms with Gasteiger partial charge in [-0.25, -0.2) is 0 Å². The average Bonchev–Trinajstić information content (AvgIpc) is 2.70. The van der Waals surface area contributed by atoms with Crippen LogP contribution >= 0.6 is 0 Å². The number of aromatic nitrogens is 3. The van der Waals surface area contributed by atoms with Crippen LogP contribution in [0, 0.1) is 3.80 Å². The number of nitrogens with zero attached hydrogens (tertiary/aromatic N) is 3. The van der Waals surface area contributed by atoms with Crippen LogP contribution in [0.3, 0.4) is 0 Å². The first kappa shape index (κ1) is 14.5. The van der Waals surface area contributed by atoms with Crippen LogP contribution in [-0.2, 0) is 24.8 Å². The van der Waals surface area contributed by atoms with Gasteiger partial charge >= 0.3 is 125 Å². The van der Waals surface area contributed by atoms with Crippen LogP contribution < -0.4 is 0 Å². The van der Waals surface area contributed by atoms with Crippen molar-refractivity contribution in [2.45, 2.75) is 46.1 Å². The molecule has 0 aliphatic heterocycles. The zero-order valence-electron chi connectivity index (χ0n) is 12.1. The van der Waals surface area contributed by atoms with Crippen LogP contribution in [0.5, 0.6) is 0 Å². The third-order valence-electron chi connectivity index (χ3n) is 3.17. The topological polar surface area (TPSA) is 22.8 Å². The molecule has 0 bridgehead atoms. The first-order valence-electron chi connectivity index (χ1n) is 6.52. The van der Waals surface area contributed by atoms with E-state index in [0.29, 0.717) is 6.04 Å². The van der Waals surface area contributed by atoms with Gasteiger partial charge in [-0.2, -0.15) is 0 Å². The summed E-state index contributed by atoms with van der Waals surface area (Å²) in [5, 5.41) is 0. The summed E-state index contributed by atoms with van der Waals surface area (Å²) in [6.45, 7) is 11.0. The molecule has 0 aliphatic carbocycles. The van der Waals surface area contributed by atoms with Crippen LogP contribution in [0.1, 0.15) is 46.2 Å². The molecule has 0 saturated carbocycles. The second kappa shape index (κ2) is 5.20. The molecule has 4 heteroatoms. The van der Waals surface area contributed by atoms with Crippen molar-refractivity contribution in [2.24, 2.45) is 0 Å². The van der Waals surface area contributed by atoms with Crippen molar-refractivity contribution >= 4 is 0 Å². The summed E-state index contributed by atoms with van der Waals surface area (Å²) in [7, 11) is 0. The fraction of sp³-hybridized carbons (Fsp3) is 0.467. The van der Waals surface area contributed by atoms with E-state index in [2.05, 4.69) is 92.6 Å². The molecule has 0 aromatic carbocycles. The zero-order chi connectivity index (χ0) is 14.2. The van der Waals surface area contributed by atoms with Gasteiger partial charge in [0.2, 0.25) is 0 Å². The normalized spacial score (nSPS) is 12.2. The summed E-state index contributed by atoms with van der Waals surface area (Å²) >= 11 is 2.36. The van der Waals surface area contributed by atoms with Crippen molar-refractivity contribution in [3.63, 3.8) is 0 Å². The second-order valence-corrected chi connectivity index (χ2v) is 7.08. The summed E-state index contributed by atoms with van der Waals surface area (Å²) in [5.41, 5.74) is 1.45. The summed E-state index contributed by atoms with van der Waals surface area (Å²) in [6.07, 6.45) is 6.08. The van der Waals surface area contributed by atoms with Gasteiger partial charge in [0.1, 0.15) is 0 Å². The maximum atomic E-state index is 4.50. The van der Waals surface area contributed by atoms with Gasteiger partial charge in [0.25, 0.3) is 0 Å². The van der Waals surface area contributed by atoms with E-state index < -0.39 is 0 Å². The first-order valence-corrected chi connectivity index (χ1v) is 7.66. The number of rotatable bonds is 2. The van der Waals surface area contributed by atoms with Crippen molar-refractivity contribution in [1.82, 2.24) is 14.1 Å². The molecule has 3 nitrogen and oxygen atoms in total. The minimum absolute atomic E-state index is 0.143. The van der Waals surface area contributed by atoms with Crippen LogP contribution in [0.15, 0.2) is 30.7 Å². The van der Waals surface area contributed by atoms with Crippen LogP contribution in [0.25, 0.3) is 5.82 Å². The molecule has 2 heterocycles. The Hall–Kier alpha value is -0.952. The number of imidazole rings is 1. The summed E-state index contributed by atoms with van der Waals surface area (Å²) < 4.78 is 5.55. The molecule has 0 saturated heterocycles. The molecule has 0 atom stereocenters. The summed E-state index contributed by atoms with van der Waals surface area (Å²) in [5.74, 6) is 0.983. The molecular weight excluding hydrogens is 417 g/mol. The molecule has 0 spiro atoms. The quantitative estimate of drug-likeness (QED) is 0.702. The third-order valence-corrected chi connectivity index (χ3v) is 4.31. The standard InChI is InChI=1S/C15H21N3.Pt/c1-12(2)17-8-9-18(11-17)14-10-13(6-7-16-14)15(3,4)5;/h6-10,12H,1-5H3;. The molecule has 0 fully saturated rings. The molecule has 19 heavy (non-hydrogen) atoms. The minimum atomic E-state index is 0.143. The van der Waals surface area contributed by atoms with Gasteiger partial charge in [0.15, 0.2) is 0 Å². The molecule has 106 valence electrons. The zero-order valence-corrected chi connectivity index (χ0v) is 14.4. The Balaban J connectivity index is 2.52. The van der Waals surface area contributed by atoms with Crippen LogP contribution in [0.2, 0.25) is 0 Å². The van der Waals surface area contributed by atoms with E-state index in [0.717, 1.165) is 5.82 Å². The maximum absolute atomic E-state index is 4.50. The van der Waals surface area contributed by atoms with Gasteiger partial charge in [-0.15, -0.1) is 0 Å². The molecular formula is C15H21N3Pt. The van der Waals surface area contributed by atoms with E-state index in [1.165, 1.54) is 9.37 Å². The Morgan fingerprint density at radius 3 is 2.42 bits per heavy atom. The number of hydrogen-bond acceptors (Lipinski definition) is 1. The first-order chi connectivity index (χ1) is 8.80. The fourth-order valence-electron chi connectivity index (χ4n) is 1.93. The van der Waals surface area contributed by atoms with Gasteiger partial charge < -0.3 is 0 Å². The van der Waals surface area contributed by atoms with Crippen molar-refractivity contribution < 1.29 is 19.4 Å². The molecule has 0 radical (unpaired) electrons. The van der Waals surface area contributed by atoms with Crippen molar-refractivity contribution in [3.05, 3.63) is 40.1 Å². The molecule has 0 aliphatic rings. The van der Waals surface area contributed by atoms with Gasteiger partial charge in [-0.05, 0) is 0 Å². The monoisotopic (exact) mass is 438 g/mol. The van der Waals surface area contributed by atoms with E-state index in [-0.39, 0.29) is 5.41 Å².